The minimum Gasteiger partial charge on any atom is -0.357 e. The van der Waals surface area contributed by atoms with E-state index in [-0.39, 0.29) is 33.4 Å². The molecule has 1 aromatic carbocycles. The van der Waals surface area contributed by atoms with E-state index in [9.17, 15) is 18.4 Å². The van der Waals surface area contributed by atoms with Crippen molar-refractivity contribution in [2.45, 2.75) is 52.7 Å². The van der Waals surface area contributed by atoms with Gasteiger partial charge in [0, 0.05) is 26.2 Å². The molecule has 0 saturated heterocycles. The van der Waals surface area contributed by atoms with Crippen LogP contribution >= 0.6 is 11.6 Å². The van der Waals surface area contributed by atoms with Crippen molar-refractivity contribution in [3.05, 3.63) is 40.2 Å². The third kappa shape index (κ3) is 5.70. The molecule has 0 bridgehead atoms. The van der Waals surface area contributed by atoms with Gasteiger partial charge in [0.05, 0.1) is 16.3 Å². The second-order valence-electron chi connectivity index (χ2n) is 9.62. The Labute approximate surface area is 197 Å². The first-order valence-corrected chi connectivity index (χ1v) is 11.2. The van der Waals surface area contributed by atoms with E-state index >= 15 is 0 Å². The Balaban J connectivity index is 2.07. The van der Waals surface area contributed by atoms with Crippen LogP contribution in [0, 0.1) is 17.0 Å². The SMILES string of the molecule is CNC(=O)[C@H](CC(C)(C)C)NC(=O)c1nc(-c2cc(Cl)c(F)cc2F)n2c1CN(C)CCC2. The van der Waals surface area contributed by atoms with Gasteiger partial charge in [-0.2, -0.15) is 0 Å². The molecule has 2 amide bonds. The van der Waals surface area contributed by atoms with Crippen molar-refractivity contribution in [3.8, 4) is 11.4 Å². The number of likely N-dealkylation sites (N-methyl/N-ethyl adjacent to an activating group) is 1. The van der Waals surface area contributed by atoms with Crippen LogP contribution in [0.1, 0.15) is 49.8 Å². The second kappa shape index (κ2) is 9.77. The van der Waals surface area contributed by atoms with Gasteiger partial charge in [-0.1, -0.05) is 32.4 Å². The van der Waals surface area contributed by atoms with E-state index in [2.05, 4.69) is 15.6 Å². The van der Waals surface area contributed by atoms with Crippen LogP contribution in [0.15, 0.2) is 12.1 Å². The number of nitrogens with zero attached hydrogens (tertiary/aromatic N) is 3. The number of carbonyl (C=O) groups excluding carboxylic acids is 2. The fourth-order valence-electron chi connectivity index (χ4n) is 4.02. The molecule has 2 aromatic rings. The average Bonchev–Trinajstić information content (AvgIpc) is 2.94. The van der Waals surface area contributed by atoms with Crippen LogP contribution in [0.5, 0.6) is 0 Å². The van der Waals surface area contributed by atoms with E-state index in [1.165, 1.54) is 13.1 Å². The molecule has 0 unspecified atom stereocenters. The number of aromatic nitrogens is 2. The van der Waals surface area contributed by atoms with Gasteiger partial charge in [0.1, 0.15) is 23.5 Å². The molecule has 2 N–H and O–H groups in total. The van der Waals surface area contributed by atoms with Gasteiger partial charge in [0.15, 0.2) is 5.69 Å². The molecule has 7 nitrogen and oxygen atoms in total. The van der Waals surface area contributed by atoms with Crippen molar-refractivity contribution in [1.29, 1.82) is 0 Å². The largest absolute Gasteiger partial charge is 0.357 e. The van der Waals surface area contributed by atoms with Crippen LogP contribution in [0.25, 0.3) is 11.4 Å². The van der Waals surface area contributed by atoms with Gasteiger partial charge in [-0.15, -0.1) is 0 Å². The molecule has 10 heteroatoms. The number of nitrogens with one attached hydrogen (secondary N) is 2. The predicted octanol–water partition coefficient (Wildman–Crippen LogP) is 3.60. The van der Waals surface area contributed by atoms with Gasteiger partial charge < -0.3 is 20.1 Å². The van der Waals surface area contributed by atoms with Gasteiger partial charge >= 0.3 is 0 Å². The Morgan fingerprint density at radius 3 is 2.55 bits per heavy atom. The first-order chi connectivity index (χ1) is 15.4. The fourth-order valence-corrected chi connectivity index (χ4v) is 4.19. The minimum atomic E-state index is -0.867. The zero-order valence-electron chi connectivity index (χ0n) is 19.6. The Morgan fingerprint density at radius 1 is 1.21 bits per heavy atom. The zero-order chi connectivity index (χ0) is 24.5. The lowest BCUT2D eigenvalue weighted by molar-refractivity contribution is -0.123. The van der Waals surface area contributed by atoms with E-state index in [0.29, 0.717) is 31.3 Å². The van der Waals surface area contributed by atoms with Crippen LogP contribution in [0.4, 0.5) is 8.78 Å². The molecule has 0 radical (unpaired) electrons. The van der Waals surface area contributed by atoms with Crippen molar-refractivity contribution >= 4 is 23.4 Å². The molecule has 1 atom stereocenters. The molecule has 180 valence electrons. The third-order valence-electron chi connectivity index (χ3n) is 5.56. The molecule has 1 aliphatic heterocycles. The molecule has 2 heterocycles. The summed E-state index contributed by atoms with van der Waals surface area (Å²) in [5.41, 5.74) is 0.522. The van der Waals surface area contributed by atoms with E-state index in [4.69, 9.17) is 11.6 Å². The quantitative estimate of drug-likeness (QED) is 0.639. The smallest absolute Gasteiger partial charge is 0.272 e. The molecule has 0 saturated carbocycles. The van der Waals surface area contributed by atoms with Gasteiger partial charge in [-0.25, -0.2) is 13.8 Å². The number of rotatable bonds is 5. The molecule has 3 rings (SSSR count). The molecule has 33 heavy (non-hydrogen) atoms. The standard InChI is InChI=1S/C23H30ClF2N5O2/c1-23(2,3)11-17(21(32)27-4)28-22(33)19-18-12-30(5)7-6-8-31(18)20(29-19)13-9-14(24)16(26)10-15(13)25/h9-10,17H,6-8,11-12H2,1-5H3,(H,27,32)(H,28,33)/t17-/m0/s1. The molecular formula is C23H30ClF2N5O2. The van der Waals surface area contributed by atoms with E-state index in [1.807, 2.05) is 32.7 Å². The van der Waals surface area contributed by atoms with Gasteiger partial charge in [0.2, 0.25) is 5.91 Å². The number of benzene rings is 1. The van der Waals surface area contributed by atoms with Crippen molar-refractivity contribution in [2.75, 3.05) is 20.6 Å². The summed E-state index contributed by atoms with van der Waals surface area (Å²) in [5, 5.41) is 5.16. The Morgan fingerprint density at radius 2 is 1.91 bits per heavy atom. The Kier molecular flexibility index (Phi) is 7.43. The topological polar surface area (TPSA) is 79.3 Å². The highest BCUT2D eigenvalue weighted by molar-refractivity contribution is 6.31. The number of hydrogen-bond donors (Lipinski definition) is 2. The summed E-state index contributed by atoms with van der Waals surface area (Å²) < 4.78 is 30.2. The summed E-state index contributed by atoms with van der Waals surface area (Å²) in [6.07, 6.45) is 1.18. The lowest BCUT2D eigenvalue weighted by atomic mass is 9.87. The van der Waals surface area contributed by atoms with Crippen LogP contribution in [0.2, 0.25) is 5.02 Å². The number of fused-ring (bicyclic) bond motifs is 1. The third-order valence-corrected chi connectivity index (χ3v) is 5.85. The Bertz CT molecular complexity index is 1060. The molecular weight excluding hydrogens is 452 g/mol. The fraction of sp³-hybridized carbons (Fsp3) is 0.522. The maximum atomic E-state index is 14.7. The summed E-state index contributed by atoms with van der Waals surface area (Å²) in [6, 6.07) is 1.14. The van der Waals surface area contributed by atoms with Crippen molar-refractivity contribution in [2.24, 2.45) is 5.41 Å². The highest BCUT2D eigenvalue weighted by Gasteiger charge is 2.31. The first-order valence-electron chi connectivity index (χ1n) is 10.9. The average molecular weight is 482 g/mol. The van der Waals surface area contributed by atoms with Crippen molar-refractivity contribution in [3.63, 3.8) is 0 Å². The minimum absolute atomic E-state index is 0.0174. The second-order valence-corrected chi connectivity index (χ2v) is 10.0. The van der Waals surface area contributed by atoms with Crippen LogP contribution in [-0.4, -0.2) is 52.9 Å². The summed E-state index contributed by atoms with van der Waals surface area (Å²) in [4.78, 5) is 32.3. The lowest BCUT2D eigenvalue weighted by Crippen LogP contribution is -2.47. The van der Waals surface area contributed by atoms with Gasteiger partial charge in [0.25, 0.3) is 5.91 Å². The zero-order valence-corrected chi connectivity index (χ0v) is 20.3. The monoisotopic (exact) mass is 481 g/mol. The van der Waals surface area contributed by atoms with E-state index < -0.39 is 23.6 Å². The highest BCUT2D eigenvalue weighted by atomic mass is 35.5. The maximum absolute atomic E-state index is 14.7. The molecule has 1 aromatic heterocycles. The number of hydrogen-bond acceptors (Lipinski definition) is 4. The normalized spacial score (nSPS) is 15.5. The molecule has 0 aliphatic carbocycles. The summed E-state index contributed by atoms with van der Waals surface area (Å²) in [7, 11) is 3.44. The molecule has 0 spiro atoms. The van der Waals surface area contributed by atoms with Crippen LogP contribution in [0.3, 0.4) is 0 Å². The number of halogens is 3. The molecule has 1 aliphatic rings. The number of carbonyl (C=O) groups is 2. The molecule has 0 fully saturated rings. The summed E-state index contributed by atoms with van der Waals surface area (Å²) in [5.74, 6) is -2.31. The summed E-state index contributed by atoms with van der Waals surface area (Å²) >= 11 is 5.91. The van der Waals surface area contributed by atoms with Crippen LogP contribution < -0.4 is 10.6 Å². The Hall–Kier alpha value is -2.52. The number of imidazole rings is 1. The summed E-state index contributed by atoms with van der Waals surface area (Å²) in [6.45, 7) is 7.63. The lowest BCUT2D eigenvalue weighted by Gasteiger charge is -2.25. The predicted molar refractivity (Wildman–Crippen MR) is 123 cm³/mol. The van der Waals surface area contributed by atoms with Crippen LogP contribution in [-0.2, 0) is 17.9 Å². The van der Waals surface area contributed by atoms with Crippen molar-refractivity contribution in [1.82, 2.24) is 25.1 Å². The number of amides is 2. The first kappa shape index (κ1) is 25.1. The van der Waals surface area contributed by atoms with Gasteiger partial charge in [-0.3, -0.25) is 9.59 Å². The van der Waals surface area contributed by atoms with E-state index in [1.54, 1.807) is 4.57 Å². The highest BCUT2D eigenvalue weighted by Crippen LogP contribution is 2.31. The van der Waals surface area contributed by atoms with Gasteiger partial charge in [-0.05, 0) is 37.9 Å². The maximum Gasteiger partial charge on any atom is 0.272 e. The van der Waals surface area contributed by atoms with Crippen molar-refractivity contribution < 1.29 is 18.4 Å². The van der Waals surface area contributed by atoms with E-state index in [0.717, 1.165) is 13.0 Å².